The highest BCUT2D eigenvalue weighted by Gasteiger charge is 2.22. The van der Waals surface area contributed by atoms with E-state index in [1.807, 2.05) is 36.1 Å². The summed E-state index contributed by atoms with van der Waals surface area (Å²) in [5, 5.41) is 6.19. The molecule has 0 aliphatic carbocycles. The topological polar surface area (TPSA) is 91.6 Å². The SMILES string of the molecule is Cc1nc(CN2CCN(C(=O)Nc3ccccc3SCCC(N)=O)CC2)cs1. The number of aromatic nitrogens is 1. The predicted molar refractivity (Wildman–Crippen MR) is 114 cm³/mol. The summed E-state index contributed by atoms with van der Waals surface area (Å²) < 4.78 is 0. The van der Waals surface area contributed by atoms with Gasteiger partial charge in [0.1, 0.15) is 0 Å². The quantitative estimate of drug-likeness (QED) is 0.674. The number of rotatable bonds is 7. The highest BCUT2D eigenvalue weighted by atomic mass is 32.2. The molecule has 2 heterocycles. The maximum absolute atomic E-state index is 12.7. The molecule has 0 unspecified atom stereocenters. The van der Waals surface area contributed by atoms with Gasteiger partial charge in [-0.3, -0.25) is 9.69 Å². The Bertz CT molecular complexity index is 818. The van der Waals surface area contributed by atoms with Crippen molar-refractivity contribution in [3.05, 3.63) is 40.3 Å². The van der Waals surface area contributed by atoms with Gasteiger partial charge in [-0.05, 0) is 19.1 Å². The van der Waals surface area contributed by atoms with E-state index >= 15 is 0 Å². The monoisotopic (exact) mass is 419 g/mol. The number of carbonyl (C=O) groups excluding carboxylic acids is 2. The molecule has 3 N–H and O–H groups in total. The van der Waals surface area contributed by atoms with Crippen molar-refractivity contribution in [2.24, 2.45) is 5.73 Å². The summed E-state index contributed by atoms with van der Waals surface area (Å²) in [7, 11) is 0. The molecule has 9 heteroatoms. The van der Waals surface area contributed by atoms with Crippen LogP contribution in [0.4, 0.5) is 10.5 Å². The third kappa shape index (κ3) is 5.95. The second kappa shape index (κ2) is 9.90. The summed E-state index contributed by atoms with van der Waals surface area (Å²) in [6.07, 6.45) is 0.313. The van der Waals surface area contributed by atoms with Gasteiger partial charge in [0.15, 0.2) is 0 Å². The van der Waals surface area contributed by atoms with E-state index in [9.17, 15) is 9.59 Å². The van der Waals surface area contributed by atoms with E-state index < -0.39 is 0 Å². The highest BCUT2D eigenvalue weighted by molar-refractivity contribution is 7.99. The number of nitrogens with two attached hydrogens (primary N) is 1. The van der Waals surface area contributed by atoms with Gasteiger partial charge >= 0.3 is 6.03 Å². The molecule has 0 bridgehead atoms. The number of nitrogens with zero attached hydrogens (tertiary/aromatic N) is 3. The number of urea groups is 1. The van der Waals surface area contributed by atoms with Gasteiger partial charge in [-0.25, -0.2) is 9.78 Å². The zero-order valence-electron chi connectivity index (χ0n) is 15.9. The molecule has 1 fully saturated rings. The lowest BCUT2D eigenvalue weighted by molar-refractivity contribution is -0.117. The van der Waals surface area contributed by atoms with Crippen LogP contribution in [0.2, 0.25) is 0 Å². The molecular weight excluding hydrogens is 394 g/mol. The fourth-order valence-corrected chi connectivity index (χ4v) is 4.55. The minimum absolute atomic E-state index is 0.0906. The van der Waals surface area contributed by atoms with Crippen LogP contribution in [-0.4, -0.2) is 58.7 Å². The van der Waals surface area contributed by atoms with E-state index in [4.69, 9.17) is 5.73 Å². The molecule has 0 spiro atoms. The molecule has 1 aromatic heterocycles. The predicted octanol–water partition coefficient (Wildman–Crippen LogP) is 2.77. The first-order valence-corrected chi connectivity index (χ1v) is 11.1. The summed E-state index contributed by atoms with van der Waals surface area (Å²) in [6.45, 7) is 5.88. The van der Waals surface area contributed by atoms with Crippen LogP contribution in [0.15, 0.2) is 34.5 Å². The van der Waals surface area contributed by atoms with Crippen LogP contribution in [0.25, 0.3) is 0 Å². The number of thiazole rings is 1. The van der Waals surface area contributed by atoms with Crippen molar-refractivity contribution >= 4 is 40.7 Å². The van der Waals surface area contributed by atoms with Crippen molar-refractivity contribution in [2.75, 3.05) is 37.2 Å². The molecule has 1 aliphatic heterocycles. The van der Waals surface area contributed by atoms with Crippen LogP contribution in [-0.2, 0) is 11.3 Å². The van der Waals surface area contributed by atoms with E-state index in [-0.39, 0.29) is 11.9 Å². The van der Waals surface area contributed by atoms with Gasteiger partial charge in [0.25, 0.3) is 0 Å². The van der Waals surface area contributed by atoms with Crippen LogP contribution in [0.3, 0.4) is 0 Å². The van der Waals surface area contributed by atoms with Gasteiger partial charge < -0.3 is 16.0 Å². The van der Waals surface area contributed by atoms with Gasteiger partial charge in [0.05, 0.1) is 16.4 Å². The highest BCUT2D eigenvalue weighted by Crippen LogP contribution is 2.27. The Hall–Kier alpha value is -2.10. The second-order valence-electron chi connectivity index (χ2n) is 6.61. The Morgan fingerprint density at radius 3 is 2.68 bits per heavy atom. The Labute approximate surface area is 173 Å². The van der Waals surface area contributed by atoms with Crippen LogP contribution in [0, 0.1) is 6.92 Å². The summed E-state index contributed by atoms with van der Waals surface area (Å²) in [4.78, 5) is 33.2. The third-order valence-corrected chi connectivity index (χ3v) is 6.34. The number of para-hydroxylation sites is 1. The van der Waals surface area contributed by atoms with Gasteiger partial charge in [-0.1, -0.05) is 12.1 Å². The number of nitrogens with one attached hydrogen (secondary N) is 1. The molecule has 7 nitrogen and oxygen atoms in total. The van der Waals surface area contributed by atoms with E-state index in [2.05, 4.69) is 20.6 Å². The zero-order valence-corrected chi connectivity index (χ0v) is 17.5. The molecular formula is C19H25N5O2S2. The minimum atomic E-state index is -0.320. The number of piperazine rings is 1. The molecule has 0 radical (unpaired) electrons. The normalized spacial score (nSPS) is 14.8. The first-order chi connectivity index (χ1) is 13.5. The molecule has 1 aromatic carbocycles. The van der Waals surface area contributed by atoms with E-state index in [0.717, 1.165) is 40.9 Å². The number of hydrogen-bond acceptors (Lipinski definition) is 6. The number of thioether (sulfide) groups is 1. The lowest BCUT2D eigenvalue weighted by atomic mass is 10.3. The average Bonchev–Trinajstić information content (AvgIpc) is 3.08. The maximum Gasteiger partial charge on any atom is 0.321 e. The van der Waals surface area contributed by atoms with Crippen molar-refractivity contribution in [3.63, 3.8) is 0 Å². The smallest absolute Gasteiger partial charge is 0.321 e. The fraction of sp³-hybridized carbons (Fsp3) is 0.421. The molecule has 0 atom stereocenters. The number of aryl methyl sites for hydroxylation is 1. The number of carbonyl (C=O) groups is 2. The molecule has 3 amide bonds. The minimum Gasteiger partial charge on any atom is -0.370 e. The Balaban J connectivity index is 1.50. The van der Waals surface area contributed by atoms with Gasteiger partial charge in [0.2, 0.25) is 5.91 Å². The van der Waals surface area contributed by atoms with Crippen LogP contribution in [0.5, 0.6) is 0 Å². The van der Waals surface area contributed by atoms with Crippen molar-refractivity contribution in [1.82, 2.24) is 14.8 Å². The van der Waals surface area contributed by atoms with Crippen LogP contribution >= 0.6 is 23.1 Å². The molecule has 1 saturated heterocycles. The van der Waals surface area contributed by atoms with Gasteiger partial charge in [-0.15, -0.1) is 23.1 Å². The number of amides is 3. The van der Waals surface area contributed by atoms with Crippen molar-refractivity contribution in [3.8, 4) is 0 Å². The lowest BCUT2D eigenvalue weighted by Gasteiger charge is -2.34. The standard InChI is InChI=1S/C19H25N5O2S2/c1-14-21-15(13-28-14)12-23-7-9-24(10-8-23)19(26)22-16-4-2-3-5-17(16)27-11-6-18(20)25/h2-5,13H,6-12H2,1H3,(H2,20,25)(H,22,26). The number of hydrogen-bond donors (Lipinski definition) is 2. The molecule has 28 heavy (non-hydrogen) atoms. The van der Waals surface area contributed by atoms with E-state index in [0.29, 0.717) is 25.3 Å². The van der Waals surface area contributed by atoms with Crippen LogP contribution < -0.4 is 11.1 Å². The molecule has 150 valence electrons. The van der Waals surface area contributed by atoms with E-state index in [1.54, 1.807) is 11.3 Å². The van der Waals surface area contributed by atoms with Crippen molar-refractivity contribution < 1.29 is 9.59 Å². The van der Waals surface area contributed by atoms with E-state index in [1.165, 1.54) is 11.8 Å². The first kappa shape index (κ1) is 20.6. The second-order valence-corrected chi connectivity index (χ2v) is 8.81. The molecule has 1 aliphatic rings. The number of anilines is 1. The maximum atomic E-state index is 12.7. The van der Waals surface area contributed by atoms with Crippen molar-refractivity contribution in [1.29, 1.82) is 0 Å². The zero-order chi connectivity index (χ0) is 19.9. The summed E-state index contributed by atoms with van der Waals surface area (Å²) in [6, 6.07) is 7.54. The van der Waals surface area contributed by atoms with Crippen LogP contribution in [0.1, 0.15) is 17.1 Å². The average molecular weight is 420 g/mol. The Morgan fingerprint density at radius 1 is 1.25 bits per heavy atom. The summed E-state index contributed by atoms with van der Waals surface area (Å²) in [5.41, 5.74) is 7.06. The van der Waals surface area contributed by atoms with Crippen molar-refractivity contribution in [2.45, 2.75) is 24.8 Å². The molecule has 3 rings (SSSR count). The largest absolute Gasteiger partial charge is 0.370 e. The summed E-state index contributed by atoms with van der Waals surface area (Å²) in [5.74, 6) is 0.275. The Kier molecular flexibility index (Phi) is 7.30. The van der Waals surface area contributed by atoms with Gasteiger partial charge in [-0.2, -0.15) is 0 Å². The lowest BCUT2D eigenvalue weighted by Crippen LogP contribution is -2.49. The fourth-order valence-electron chi connectivity index (χ4n) is 2.97. The number of primary amides is 1. The van der Waals surface area contributed by atoms with Gasteiger partial charge in [0, 0.05) is 55.2 Å². The number of benzene rings is 1. The third-order valence-electron chi connectivity index (χ3n) is 4.45. The first-order valence-electron chi connectivity index (χ1n) is 9.20. The molecule has 0 saturated carbocycles. The Morgan fingerprint density at radius 2 is 2.00 bits per heavy atom. The summed E-state index contributed by atoms with van der Waals surface area (Å²) >= 11 is 3.19. The molecule has 2 aromatic rings.